The number of hydrazone groups is 1. The van der Waals surface area contributed by atoms with Crippen LogP contribution in [-0.4, -0.2) is 21.9 Å². The van der Waals surface area contributed by atoms with Crippen LogP contribution >= 0.6 is 11.6 Å². The monoisotopic (exact) mass is 441 g/mol. The summed E-state index contributed by atoms with van der Waals surface area (Å²) in [5.41, 5.74) is 2.96. The van der Waals surface area contributed by atoms with Gasteiger partial charge < -0.3 is 0 Å². The van der Waals surface area contributed by atoms with E-state index < -0.39 is 11.5 Å². The first-order chi connectivity index (χ1) is 15.5. The number of hydrogen-bond donors (Lipinski definition) is 1. The van der Waals surface area contributed by atoms with Gasteiger partial charge in [0, 0.05) is 16.1 Å². The van der Waals surface area contributed by atoms with Crippen molar-refractivity contribution in [3.8, 4) is 11.8 Å². The number of aromatic nitrogens is 2. The molecule has 4 aromatic rings. The van der Waals surface area contributed by atoms with Gasteiger partial charge in [0.05, 0.1) is 11.9 Å². The lowest BCUT2D eigenvalue weighted by Crippen LogP contribution is -2.31. The van der Waals surface area contributed by atoms with Crippen molar-refractivity contribution in [3.05, 3.63) is 104 Å². The molecule has 0 spiro atoms. The van der Waals surface area contributed by atoms with Crippen LogP contribution in [0.15, 0.2) is 76.6 Å². The maximum absolute atomic E-state index is 12.8. The van der Waals surface area contributed by atoms with Crippen LogP contribution in [-0.2, 0) is 0 Å². The van der Waals surface area contributed by atoms with Crippen LogP contribution in [0.1, 0.15) is 27.2 Å². The van der Waals surface area contributed by atoms with Gasteiger partial charge in [-0.1, -0.05) is 54.1 Å². The zero-order valence-corrected chi connectivity index (χ0v) is 17.7. The minimum absolute atomic E-state index is 0.0776. The third-order valence-electron chi connectivity index (χ3n) is 4.93. The lowest BCUT2D eigenvalue weighted by atomic mass is 10.1. The van der Waals surface area contributed by atoms with Gasteiger partial charge in [0.1, 0.15) is 11.6 Å². The van der Waals surface area contributed by atoms with Crippen molar-refractivity contribution in [1.82, 2.24) is 15.2 Å². The number of halogens is 1. The first-order valence-electron chi connectivity index (χ1n) is 9.60. The van der Waals surface area contributed by atoms with Gasteiger partial charge >= 0.3 is 0 Å². The number of nitrogens with zero attached hydrogens (tertiary/aromatic N) is 4. The topological polar surface area (TPSA) is 100 Å². The Morgan fingerprint density at radius 1 is 1.12 bits per heavy atom. The molecule has 1 amide bonds. The zero-order valence-electron chi connectivity index (χ0n) is 16.9. The van der Waals surface area contributed by atoms with Crippen molar-refractivity contribution in [2.75, 3.05) is 0 Å². The predicted molar refractivity (Wildman–Crippen MR) is 123 cm³/mol. The molecule has 4 rings (SSSR count). The van der Waals surface area contributed by atoms with Gasteiger partial charge in [0.2, 0.25) is 0 Å². The number of amides is 1. The van der Waals surface area contributed by atoms with Gasteiger partial charge in [-0.2, -0.15) is 20.1 Å². The number of carbonyl (C=O) groups excluding carboxylic acids is 1. The minimum Gasteiger partial charge on any atom is -0.266 e. The van der Waals surface area contributed by atoms with E-state index >= 15 is 0 Å². The van der Waals surface area contributed by atoms with Crippen LogP contribution in [0, 0.1) is 18.3 Å². The summed E-state index contributed by atoms with van der Waals surface area (Å²) >= 11 is 5.91. The van der Waals surface area contributed by atoms with Crippen molar-refractivity contribution in [2.24, 2.45) is 5.10 Å². The first-order valence-corrected chi connectivity index (χ1v) is 9.98. The highest BCUT2D eigenvalue weighted by Gasteiger charge is 2.20. The van der Waals surface area contributed by atoms with Crippen LogP contribution in [0.3, 0.4) is 0 Å². The molecule has 0 saturated heterocycles. The molecule has 0 radical (unpaired) electrons. The molecule has 0 fully saturated rings. The van der Waals surface area contributed by atoms with Crippen LogP contribution in [0.4, 0.5) is 0 Å². The van der Waals surface area contributed by atoms with E-state index in [1.54, 1.807) is 24.3 Å². The van der Waals surface area contributed by atoms with Gasteiger partial charge in [-0.25, -0.2) is 5.43 Å². The van der Waals surface area contributed by atoms with E-state index in [0.717, 1.165) is 21.0 Å². The van der Waals surface area contributed by atoms with E-state index in [0.29, 0.717) is 10.7 Å². The van der Waals surface area contributed by atoms with Gasteiger partial charge in [0.15, 0.2) is 5.69 Å². The molecule has 0 aliphatic rings. The summed E-state index contributed by atoms with van der Waals surface area (Å²) in [6.45, 7) is 1.50. The fourth-order valence-electron chi connectivity index (χ4n) is 3.29. The third-order valence-corrected chi connectivity index (χ3v) is 5.18. The third kappa shape index (κ3) is 4.00. The maximum Gasteiger partial charge on any atom is 0.292 e. The number of nitrogens with one attached hydrogen (secondary N) is 1. The molecule has 7 nitrogen and oxygen atoms in total. The Morgan fingerprint density at radius 3 is 2.59 bits per heavy atom. The van der Waals surface area contributed by atoms with Crippen molar-refractivity contribution in [3.63, 3.8) is 0 Å². The van der Waals surface area contributed by atoms with Crippen LogP contribution < -0.4 is 11.0 Å². The lowest BCUT2D eigenvalue weighted by molar-refractivity contribution is 0.0947. The summed E-state index contributed by atoms with van der Waals surface area (Å²) < 4.78 is 1.01. The number of carbonyl (C=O) groups is 1. The number of fused-ring (bicyclic) bond motifs is 1. The number of nitriles is 1. The second kappa shape index (κ2) is 8.84. The Morgan fingerprint density at radius 2 is 1.84 bits per heavy atom. The Labute approximate surface area is 188 Å². The fourth-order valence-corrected chi connectivity index (χ4v) is 3.41. The molecule has 0 aliphatic heterocycles. The van der Waals surface area contributed by atoms with Crippen molar-refractivity contribution >= 4 is 34.5 Å². The standard InChI is InChI=1S/C24H16ClN5O2/c1-15-21(13-26)24(32)30(19-11-9-18(25)10-12-19)29-22(15)23(31)28-27-14-17-7-4-6-16-5-2-3-8-20(16)17/h2-12,14H,1H3,(H,28,31)/b27-14+. The Kier molecular flexibility index (Phi) is 5.79. The van der Waals surface area contributed by atoms with Gasteiger partial charge in [-0.15, -0.1) is 0 Å². The Balaban J connectivity index is 1.68. The molecule has 0 saturated carbocycles. The summed E-state index contributed by atoms with van der Waals surface area (Å²) in [6, 6.07) is 21.8. The van der Waals surface area contributed by atoms with Crippen LogP contribution in [0.5, 0.6) is 0 Å². The molecule has 3 aromatic carbocycles. The van der Waals surface area contributed by atoms with Crippen molar-refractivity contribution in [1.29, 1.82) is 5.26 Å². The zero-order chi connectivity index (χ0) is 22.7. The van der Waals surface area contributed by atoms with Crippen molar-refractivity contribution in [2.45, 2.75) is 6.92 Å². The van der Waals surface area contributed by atoms with Crippen LogP contribution in [0.25, 0.3) is 16.5 Å². The van der Waals surface area contributed by atoms with E-state index in [1.807, 2.05) is 48.5 Å². The Bertz CT molecular complexity index is 1460. The largest absolute Gasteiger partial charge is 0.292 e. The van der Waals surface area contributed by atoms with Gasteiger partial charge in [-0.3, -0.25) is 9.59 Å². The molecule has 0 bridgehead atoms. The average molecular weight is 442 g/mol. The summed E-state index contributed by atoms with van der Waals surface area (Å²) in [5.74, 6) is -0.641. The summed E-state index contributed by atoms with van der Waals surface area (Å²) in [4.78, 5) is 25.5. The normalized spacial score (nSPS) is 10.9. The van der Waals surface area contributed by atoms with E-state index in [4.69, 9.17) is 11.6 Å². The molecule has 0 atom stereocenters. The van der Waals surface area contributed by atoms with Crippen molar-refractivity contribution < 1.29 is 4.79 Å². The summed E-state index contributed by atoms with van der Waals surface area (Å²) in [5, 5.41) is 20.2. The minimum atomic E-state index is -0.641. The second-order valence-corrected chi connectivity index (χ2v) is 7.36. The molecule has 1 heterocycles. The molecular formula is C24H16ClN5O2. The number of rotatable bonds is 4. The van der Waals surface area contributed by atoms with Crippen LogP contribution in [0.2, 0.25) is 5.02 Å². The molecule has 0 aliphatic carbocycles. The Hall–Kier alpha value is -4.28. The van der Waals surface area contributed by atoms with E-state index in [2.05, 4.69) is 15.6 Å². The van der Waals surface area contributed by atoms with Gasteiger partial charge in [-0.05, 0) is 42.0 Å². The fraction of sp³-hybridized carbons (Fsp3) is 0.0417. The second-order valence-electron chi connectivity index (χ2n) is 6.92. The smallest absolute Gasteiger partial charge is 0.266 e. The predicted octanol–water partition coefficient (Wildman–Crippen LogP) is 3.98. The van der Waals surface area contributed by atoms with Gasteiger partial charge in [0.25, 0.3) is 11.5 Å². The number of hydrogen-bond acceptors (Lipinski definition) is 5. The molecule has 156 valence electrons. The molecule has 32 heavy (non-hydrogen) atoms. The molecular weight excluding hydrogens is 426 g/mol. The molecule has 8 heteroatoms. The molecule has 1 aromatic heterocycles. The first kappa shape index (κ1) is 21.0. The summed E-state index contributed by atoms with van der Waals surface area (Å²) in [7, 11) is 0. The quantitative estimate of drug-likeness (QED) is 0.382. The lowest BCUT2D eigenvalue weighted by Gasteiger charge is -2.10. The maximum atomic E-state index is 12.8. The van der Waals surface area contributed by atoms with E-state index in [-0.39, 0.29) is 16.8 Å². The highest BCUT2D eigenvalue weighted by Crippen LogP contribution is 2.17. The molecule has 1 N–H and O–H groups in total. The highest BCUT2D eigenvalue weighted by molar-refractivity contribution is 6.30. The SMILES string of the molecule is Cc1c(C(=O)N/N=C/c2cccc3ccccc23)nn(-c2ccc(Cl)cc2)c(=O)c1C#N. The molecule has 0 unspecified atom stereocenters. The number of benzene rings is 3. The highest BCUT2D eigenvalue weighted by atomic mass is 35.5. The van der Waals surface area contributed by atoms with E-state index in [1.165, 1.54) is 13.1 Å². The summed E-state index contributed by atoms with van der Waals surface area (Å²) in [6.07, 6.45) is 1.54. The van der Waals surface area contributed by atoms with E-state index in [9.17, 15) is 14.9 Å². The average Bonchev–Trinajstić information content (AvgIpc) is 2.80.